The second kappa shape index (κ2) is 5.79. The number of carbonyl (C=O) groups is 2. The van der Waals surface area contributed by atoms with E-state index >= 15 is 0 Å². The number of carbonyl (C=O) groups excluding carboxylic acids is 2. The number of aromatic nitrogens is 2. The summed E-state index contributed by atoms with van der Waals surface area (Å²) in [7, 11) is 3.08. The molecule has 2 aromatic heterocycles. The van der Waals surface area contributed by atoms with Gasteiger partial charge in [0.05, 0.1) is 18.3 Å². The molecule has 2 aromatic rings. The maximum atomic E-state index is 12.8. The van der Waals surface area contributed by atoms with Crippen LogP contribution in [0.1, 0.15) is 36.8 Å². The molecule has 0 bridgehead atoms. The van der Waals surface area contributed by atoms with E-state index in [-0.39, 0.29) is 5.78 Å². The second-order valence-electron chi connectivity index (χ2n) is 5.61. The maximum absolute atomic E-state index is 12.8. The summed E-state index contributed by atoms with van der Waals surface area (Å²) in [5.74, 6) is -0.0553. The molecule has 0 amide bonds. The molecule has 0 spiro atoms. The van der Waals surface area contributed by atoms with Gasteiger partial charge in [-0.05, 0) is 38.5 Å². The number of methoxy groups -OCH3 is 1. The van der Waals surface area contributed by atoms with Crippen LogP contribution >= 0.6 is 0 Å². The average Bonchev–Trinajstić information content (AvgIpc) is 2.96. The lowest BCUT2D eigenvalue weighted by Gasteiger charge is -2.20. The van der Waals surface area contributed by atoms with Gasteiger partial charge < -0.3 is 10.1 Å². The minimum atomic E-state index is -1.24. The number of ether oxygens (including phenoxy) is 1. The molecule has 22 heavy (non-hydrogen) atoms. The molecule has 6 nitrogen and oxygen atoms in total. The van der Waals surface area contributed by atoms with E-state index in [0.29, 0.717) is 11.1 Å². The van der Waals surface area contributed by atoms with Crippen molar-refractivity contribution >= 4 is 23.1 Å². The van der Waals surface area contributed by atoms with Crippen molar-refractivity contribution in [1.29, 1.82) is 0 Å². The molecule has 0 aliphatic carbocycles. The van der Waals surface area contributed by atoms with E-state index < -0.39 is 11.4 Å². The number of Topliss-reactive ketones (excluding diaryl/α,β-unsaturated/α-hetero) is 1. The third-order valence-corrected chi connectivity index (χ3v) is 3.80. The van der Waals surface area contributed by atoms with Gasteiger partial charge in [-0.3, -0.25) is 9.59 Å². The zero-order valence-electron chi connectivity index (χ0n) is 13.6. The fourth-order valence-corrected chi connectivity index (χ4v) is 2.36. The molecule has 2 heterocycles. The molecule has 0 unspecified atom stereocenters. The number of aryl methyl sites for hydroxylation is 1. The number of nitrogens with one attached hydrogen (secondary N) is 1. The lowest BCUT2D eigenvalue weighted by molar-refractivity contribution is -0.147. The molecular formula is C16H21N3O3. The van der Waals surface area contributed by atoms with Crippen LogP contribution in [-0.2, 0) is 16.0 Å². The molecule has 0 fully saturated rings. The van der Waals surface area contributed by atoms with Gasteiger partial charge in [-0.2, -0.15) is 5.10 Å². The Morgan fingerprint density at radius 1 is 1.36 bits per heavy atom. The van der Waals surface area contributed by atoms with E-state index in [4.69, 9.17) is 4.74 Å². The predicted octanol–water partition coefficient (Wildman–Crippen LogP) is 2.32. The molecule has 0 aromatic carbocycles. The number of hydrogen-bond donors (Lipinski definition) is 1. The number of anilines is 1. The molecule has 0 atom stereocenters. The van der Waals surface area contributed by atoms with Crippen LogP contribution in [0.2, 0.25) is 0 Å². The minimum absolute atomic E-state index is 0.283. The molecule has 2 rings (SSSR count). The Bertz CT molecular complexity index is 732. The fraction of sp³-hybridized carbons (Fsp3) is 0.438. The Morgan fingerprint density at radius 2 is 2.05 bits per heavy atom. The Morgan fingerprint density at radius 3 is 2.59 bits per heavy atom. The Balaban J connectivity index is 2.63. The number of pyridine rings is 1. The fourth-order valence-electron chi connectivity index (χ4n) is 2.36. The highest BCUT2D eigenvalue weighted by atomic mass is 16.5. The van der Waals surface area contributed by atoms with Crippen LogP contribution in [0.5, 0.6) is 0 Å². The molecule has 0 radical (unpaired) electrons. The van der Waals surface area contributed by atoms with Crippen LogP contribution in [-0.4, -0.2) is 35.5 Å². The third kappa shape index (κ3) is 2.45. The van der Waals surface area contributed by atoms with Crippen molar-refractivity contribution in [2.45, 2.75) is 27.2 Å². The first-order chi connectivity index (χ1) is 10.4. The SMILES string of the molecule is CCc1cc2c(C(=O)C(C)(C)C(=O)OC)ccc(NC)n2n1. The molecule has 0 saturated carbocycles. The van der Waals surface area contributed by atoms with Gasteiger partial charge in [0.1, 0.15) is 11.2 Å². The highest BCUT2D eigenvalue weighted by molar-refractivity contribution is 6.15. The zero-order valence-corrected chi connectivity index (χ0v) is 13.6. The molecule has 118 valence electrons. The van der Waals surface area contributed by atoms with Gasteiger partial charge in [-0.25, -0.2) is 4.52 Å². The molecule has 6 heteroatoms. The molecule has 0 aliphatic rings. The summed E-state index contributed by atoms with van der Waals surface area (Å²) < 4.78 is 6.44. The van der Waals surface area contributed by atoms with Gasteiger partial charge in [0, 0.05) is 12.6 Å². The van der Waals surface area contributed by atoms with E-state index in [0.717, 1.165) is 17.9 Å². The third-order valence-electron chi connectivity index (χ3n) is 3.80. The summed E-state index contributed by atoms with van der Waals surface area (Å²) >= 11 is 0. The van der Waals surface area contributed by atoms with Gasteiger partial charge >= 0.3 is 5.97 Å². The van der Waals surface area contributed by atoms with E-state index in [1.807, 2.05) is 13.0 Å². The van der Waals surface area contributed by atoms with Crippen molar-refractivity contribution < 1.29 is 14.3 Å². The van der Waals surface area contributed by atoms with Gasteiger partial charge in [0.2, 0.25) is 0 Å². The van der Waals surface area contributed by atoms with E-state index in [2.05, 4.69) is 10.4 Å². The van der Waals surface area contributed by atoms with Crippen molar-refractivity contribution in [2.75, 3.05) is 19.5 Å². The van der Waals surface area contributed by atoms with Crippen LogP contribution in [0.15, 0.2) is 18.2 Å². The van der Waals surface area contributed by atoms with Gasteiger partial charge in [-0.1, -0.05) is 6.92 Å². The summed E-state index contributed by atoms with van der Waals surface area (Å²) in [6, 6.07) is 5.37. The first-order valence-electron chi connectivity index (χ1n) is 7.19. The average molecular weight is 303 g/mol. The number of hydrogen-bond acceptors (Lipinski definition) is 5. The predicted molar refractivity (Wildman–Crippen MR) is 84.2 cm³/mol. The number of ketones is 1. The first kappa shape index (κ1) is 16.0. The van der Waals surface area contributed by atoms with Crippen LogP contribution < -0.4 is 5.32 Å². The largest absolute Gasteiger partial charge is 0.468 e. The number of esters is 1. The molecule has 0 saturated heterocycles. The number of rotatable bonds is 5. The van der Waals surface area contributed by atoms with Gasteiger partial charge in [0.15, 0.2) is 5.78 Å². The Hall–Kier alpha value is -2.37. The van der Waals surface area contributed by atoms with Crippen molar-refractivity contribution in [3.8, 4) is 0 Å². The molecule has 1 N–H and O–H groups in total. The molecule has 0 aliphatic heterocycles. The highest BCUT2D eigenvalue weighted by Gasteiger charge is 2.38. The minimum Gasteiger partial charge on any atom is -0.468 e. The smallest absolute Gasteiger partial charge is 0.319 e. The lowest BCUT2D eigenvalue weighted by Crippen LogP contribution is -2.34. The van der Waals surface area contributed by atoms with E-state index in [1.165, 1.54) is 7.11 Å². The number of fused-ring (bicyclic) bond motifs is 1. The molecular weight excluding hydrogens is 282 g/mol. The van der Waals surface area contributed by atoms with Crippen molar-refractivity contribution in [2.24, 2.45) is 5.41 Å². The van der Waals surface area contributed by atoms with Crippen molar-refractivity contribution in [1.82, 2.24) is 9.61 Å². The monoisotopic (exact) mass is 303 g/mol. The first-order valence-corrected chi connectivity index (χ1v) is 7.19. The normalized spacial score (nSPS) is 11.5. The second-order valence-corrected chi connectivity index (χ2v) is 5.61. The summed E-state index contributed by atoms with van der Waals surface area (Å²) in [6.45, 7) is 5.14. The van der Waals surface area contributed by atoms with E-state index in [1.54, 1.807) is 37.5 Å². The highest BCUT2D eigenvalue weighted by Crippen LogP contribution is 2.28. The standard InChI is InChI=1S/C16H21N3O3/c1-6-10-9-12-11(7-8-13(17-4)19(12)18-10)14(20)16(2,3)15(21)22-5/h7-9,17H,6H2,1-5H3. The topological polar surface area (TPSA) is 72.7 Å². The number of nitrogens with zero attached hydrogens (tertiary/aromatic N) is 2. The summed E-state index contributed by atoms with van der Waals surface area (Å²) in [5.41, 5.74) is 0.785. The van der Waals surface area contributed by atoms with E-state index in [9.17, 15) is 9.59 Å². The maximum Gasteiger partial charge on any atom is 0.319 e. The quantitative estimate of drug-likeness (QED) is 0.521. The van der Waals surface area contributed by atoms with Gasteiger partial charge in [0.25, 0.3) is 0 Å². The Kier molecular flexibility index (Phi) is 4.21. The summed E-state index contributed by atoms with van der Waals surface area (Å²) in [4.78, 5) is 24.7. The Labute approximate surface area is 129 Å². The van der Waals surface area contributed by atoms with Crippen molar-refractivity contribution in [3.63, 3.8) is 0 Å². The van der Waals surface area contributed by atoms with Gasteiger partial charge in [-0.15, -0.1) is 0 Å². The zero-order chi connectivity index (χ0) is 16.5. The van der Waals surface area contributed by atoms with Crippen LogP contribution in [0.3, 0.4) is 0 Å². The van der Waals surface area contributed by atoms with Crippen LogP contribution in [0, 0.1) is 5.41 Å². The van der Waals surface area contributed by atoms with Crippen molar-refractivity contribution in [3.05, 3.63) is 29.5 Å². The summed E-state index contributed by atoms with van der Waals surface area (Å²) in [5, 5.41) is 7.52. The lowest BCUT2D eigenvalue weighted by atomic mass is 9.84. The summed E-state index contributed by atoms with van der Waals surface area (Å²) in [6.07, 6.45) is 0.763. The van der Waals surface area contributed by atoms with Crippen LogP contribution in [0.25, 0.3) is 5.52 Å². The van der Waals surface area contributed by atoms with Crippen LogP contribution in [0.4, 0.5) is 5.82 Å².